The highest BCUT2D eigenvalue weighted by molar-refractivity contribution is 8.14. The SMILES string of the molecule is CCC1(C)CSC(Nc2cnc3ccccc3c2)=N1. The number of para-hydroxylation sites is 1. The van der Waals surface area contributed by atoms with Gasteiger partial charge in [-0.05, 0) is 25.5 Å². The molecule has 1 N–H and O–H groups in total. The highest BCUT2D eigenvalue weighted by Gasteiger charge is 2.28. The lowest BCUT2D eigenvalue weighted by atomic mass is 10.0. The van der Waals surface area contributed by atoms with Crippen molar-refractivity contribution in [2.75, 3.05) is 11.1 Å². The summed E-state index contributed by atoms with van der Waals surface area (Å²) in [5.41, 5.74) is 2.11. The Labute approximate surface area is 117 Å². The van der Waals surface area contributed by atoms with Crippen molar-refractivity contribution in [1.82, 2.24) is 4.98 Å². The fraction of sp³-hybridized carbons (Fsp3) is 0.333. The molecule has 2 aromatic rings. The van der Waals surface area contributed by atoms with E-state index in [9.17, 15) is 0 Å². The van der Waals surface area contributed by atoms with E-state index in [1.807, 2.05) is 24.4 Å². The third-order valence-electron chi connectivity index (χ3n) is 3.49. The standard InChI is InChI=1S/C15H17N3S/c1-3-15(2)10-19-14(18-15)17-12-8-11-6-4-5-7-13(11)16-9-12/h4-9H,3,10H2,1-2H3,(H,17,18). The average Bonchev–Trinajstić information content (AvgIpc) is 2.81. The van der Waals surface area contributed by atoms with E-state index >= 15 is 0 Å². The molecule has 0 aliphatic carbocycles. The van der Waals surface area contributed by atoms with E-state index in [0.717, 1.165) is 33.9 Å². The Morgan fingerprint density at radius 2 is 2.21 bits per heavy atom. The second-order valence-electron chi connectivity index (χ2n) is 5.10. The first-order valence-electron chi connectivity index (χ1n) is 6.53. The number of benzene rings is 1. The van der Waals surface area contributed by atoms with E-state index in [2.05, 4.69) is 36.3 Å². The zero-order chi connectivity index (χ0) is 13.3. The molecule has 3 nitrogen and oxygen atoms in total. The van der Waals surface area contributed by atoms with Crippen LogP contribution < -0.4 is 5.32 Å². The Hall–Kier alpha value is -1.55. The lowest BCUT2D eigenvalue weighted by molar-refractivity contribution is 0.523. The van der Waals surface area contributed by atoms with Crippen LogP contribution in [0.1, 0.15) is 20.3 Å². The van der Waals surface area contributed by atoms with Crippen molar-refractivity contribution >= 4 is 33.5 Å². The first-order chi connectivity index (χ1) is 9.18. The van der Waals surface area contributed by atoms with Crippen LogP contribution in [0.15, 0.2) is 41.5 Å². The van der Waals surface area contributed by atoms with Gasteiger partial charge in [-0.15, -0.1) is 0 Å². The zero-order valence-electron chi connectivity index (χ0n) is 11.2. The van der Waals surface area contributed by atoms with Crippen LogP contribution in [0, 0.1) is 0 Å². The number of hydrogen-bond donors (Lipinski definition) is 1. The molecule has 98 valence electrons. The number of aliphatic imine (C=N–C) groups is 1. The summed E-state index contributed by atoms with van der Waals surface area (Å²) in [6, 6.07) is 10.3. The van der Waals surface area contributed by atoms with E-state index in [4.69, 9.17) is 4.99 Å². The molecule has 0 saturated carbocycles. The second kappa shape index (κ2) is 4.85. The highest BCUT2D eigenvalue weighted by Crippen LogP contribution is 2.30. The van der Waals surface area contributed by atoms with Gasteiger partial charge in [0.05, 0.1) is 22.9 Å². The molecule has 1 aromatic heterocycles. The second-order valence-corrected chi connectivity index (χ2v) is 6.06. The van der Waals surface area contributed by atoms with Crippen molar-refractivity contribution in [3.63, 3.8) is 0 Å². The molecule has 19 heavy (non-hydrogen) atoms. The summed E-state index contributed by atoms with van der Waals surface area (Å²) in [4.78, 5) is 9.21. The van der Waals surface area contributed by atoms with Gasteiger partial charge in [-0.1, -0.05) is 36.9 Å². The molecular formula is C15H17N3S. The highest BCUT2D eigenvalue weighted by atomic mass is 32.2. The van der Waals surface area contributed by atoms with Gasteiger partial charge in [0.25, 0.3) is 0 Å². The van der Waals surface area contributed by atoms with Crippen LogP contribution in [0.4, 0.5) is 5.69 Å². The maximum absolute atomic E-state index is 4.75. The zero-order valence-corrected chi connectivity index (χ0v) is 12.0. The molecule has 1 aliphatic heterocycles. The molecule has 0 spiro atoms. The number of nitrogens with zero attached hydrogens (tertiary/aromatic N) is 2. The van der Waals surface area contributed by atoms with Crippen LogP contribution >= 0.6 is 11.8 Å². The summed E-state index contributed by atoms with van der Waals surface area (Å²) < 4.78 is 0. The molecule has 0 amide bonds. The Morgan fingerprint density at radius 1 is 1.37 bits per heavy atom. The van der Waals surface area contributed by atoms with Gasteiger partial charge < -0.3 is 5.32 Å². The summed E-state index contributed by atoms with van der Waals surface area (Å²) >= 11 is 1.79. The maximum Gasteiger partial charge on any atom is 0.161 e. The number of pyridine rings is 1. The molecule has 0 radical (unpaired) electrons. The van der Waals surface area contributed by atoms with Crippen LogP contribution in [-0.4, -0.2) is 21.4 Å². The molecule has 1 unspecified atom stereocenters. The van der Waals surface area contributed by atoms with E-state index in [1.54, 1.807) is 11.8 Å². The van der Waals surface area contributed by atoms with Crippen molar-refractivity contribution in [3.05, 3.63) is 36.5 Å². The number of aromatic nitrogens is 1. The summed E-state index contributed by atoms with van der Waals surface area (Å²) in [7, 11) is 0. The van der Waals surface area contributed by atoms with Gasteiger partial charge in [0.1, 0.15) is 0 Å². The summed E-state index contributed by atoms with van der Waals surface area (Å²) in [5.74, 6) is 1.05. The first-order valence-corrected chi connectivity index (χ1v) is 7.52. The van der Waals surface area contributed by atoms with Gasteiger partial charge in [0, 0.05) is 11.1 Å². The minimum atomic E-state index is 0.0806. The summed E-state index contributed by atoms with van der Waals surface area (Å²) in [6.07, 6.45) is 2.94. The van der Waals surface area contributed by atoms with E-state index in [0.29, 0.717) is 0 Å². The molecule has 1 aromatic carbocycles. The van der Waals surface area contributed by atoms with Crippen LogP contribution in [-0.2, 0) is 0 Å². The fourth-order valence-corrected chi connectivity index (χ4v) is 3.23. The predicted molar refractivity (Wildman–Crippen MR) is 84.0 cm³/mol. The number of hydrogen-bond acceptors (Lipinski definition) is 4. The topological polar surface area (TPSA) is 37.3 Å². The number of thioether (sulfide) groups is 1. The molecule has 0 fully saturated rings. The number of nitrogens with one attached hydrogen (secondary N) is 1. The number of amidine groups is 1. The van der Waals surface area contributed by atoms with Crippen LogP contribution in [0.2, 0.25) is 0 Å². The Morgan fingerprint density at radius 3 is 3.00 bits per heavy atom. The third-order valence-corrected chi connectivity index (χ3v) is 4.73. The molecular weight excluding hydrogens is 254 g/mol. The van der Waals surface area contributed by atoms with Crippen molar-refractivity contribution in [2.24, 2.45) is 4.99 Å². The molecule has 0 saturated heterocycles. The minimum absolute atomic E-state index is 0.0806. The minimum Gasteiger partial charge on any atom is -0.334 e. The lowest BCUT2D eigenvalue weighted by Crippen LogP contribution is -2.20. The van der Waals surface area contributed by atoms with Crippen LogP contribution in [0.3, 0.4) is 0 Å². The van der Waals surface area contributed by atoms with Crippen molar-refractivity contribution in [3.8, 4) is 0 Å². The molecule has 4 heteroatoms. The average molecular weight is 271 g/mol. The molecule has 2 heterocycles. The van der Waals surface area contributed by atoms with Crippen LogP contribution in [0.5, 0.6) is 0 Å². The van der Waals surface area contributed by atoms with Crippen molar-refractivity contribution < 1.29 is 0 Å². The quantitative estimate of drug-likeness (QED) is 0.899. The van der Waals surface area contributed by atoms with Crippen molar-refractivity contribution in [1.29, 1.82) is 0 Å². The molecule has 1 atom stereocenters. The van der Waals surface area contributed by atoms with Gasteiger partial charge in [0.2, 0.25) is 0 Å². The van der Waals surface area contributed by atoms with Gasteiger partial charge in [-0.25, -0.2) is 0 Å². The lowest BCUT2D eigenvalue weighted by Gasteiger charge is -2.15. The summed E-state index contributed by atoms with van der Waals surface area (Å²) in [6.45, 7) is 4.39. The van der Waals surface area contributed by atoms with E-state index in [-0.39, 0.29) is 5.54 Å². The predicted octanol–water partition coefficient (Wildman–Crippen LogP) is 3.92. The largest absolute Gasteiger partial charge is 0.334 e. The Balaban J connectivity index is 1.84. The number of anilines is 1. The van der Waals surface area contributed by atoms with Crippen LogP contribution in [0.25, 0.3) is 10.9 Å². The van der Waals surface area contributed by atoms with E-state index < -0.39 is 0 Å². The Bertz CT molecular complexity index is 638. The molecule has 1 aliphatic rings. The number of fused-ring (bicyclic) bond motifs is 1. The van der Waals surface area contributed by atoms with E-state index in [1.165, 1.54) is 0 Å². The molecule has 0 bridgehead atoms. The maximum atomic E-state index is 4.75. The fourth-order valence-electron chi connectivity index (χ4n) is 2.04. The smallest absolute Gasteiger partial charge is 0.161 e. The van der Waals surface area contributed by atoms with Gasteiger partial charge >= 0.3 is 0 Å². The van der Waals surface area contributed by atoms with Gasteiger partial charge in [0.15, 0.2) is 5.17 Å². The van der Waals surface area contributed by atoms with Gasteiger partial charge in [-0.2, -0.15) is 0 Å². The number of rotatable bonds is 2. The third kappa shape index (κ3) is 2.59. The first kappa shape index (κ1) is 12.5. The molecule has 3 rings (SSSR count). The monoisotopic (exact) mass is 271 g/mol. The normalized spacial score (nSPS) is 22.5. The van der Waals surface area contributed by atoms with Crippen molar-refractivity contribution in [2.45, 2.75) is 25.8 Å². The summed E-state index contributed by atoms with van der Waals surface area (Å²) in [5, 5.41) is 5.52. The van der Waals surface area contributed by atoms with Gasteiger partial charge in [-0.3, -0.25) is 9.98 Å². The Kier molecular flexibility index (Phi) is 3.19.